The van der Waals surface area contributed by atoms with Gasteiger partial charge in [-0.3, -0.25) is 9.59 Å². The second-order valence-electron chi connectivity index (χ2n) is 18.5. The molecule has 0 unspecified atom stereocenters. The maximum atomic E-state index is 15.8. The third-order valence-corrected chi connectivity index (χ3v) is 14.7. The SMILES string of the molecule is C=C(C)[C@H]1Cc2c3c(cc4c2N1C(=O)[C@@]1(C)[C@@H](CC[C@H]2[C@](C)(/C=C/C=C(\C)C(=O)OC)[C@@H](O)CC[C@@]21C)CC4=O)C1=CC(C)(C)OC(C)(C)[C@H]1[C@@H]3O. The van der Waals surface area contributed by atoms with Gasteiger partial charge in [-0.15, -0.1) is 0 Å². The van der Waals surface area contributed by atoms with Crippen molar-refractivity contribution in [2.75, 3.05) is 12.0 Å². The average Bonchev–Trinajstić information content (AvgIpc) is 3.58. The number of benzene rings is 1. The van der Waals surface area contributed by atoms with Crippen LogP contribution in [0.2, 0.25) is 0 Å². The molecule has 8 heteroatoms. The predicted molar refractivity (Wildman–Crippen MR) is 202 cm³/mol. The van der Waals surface area contributed by atoms with E-state index in [0.29, 0.717) is 42.5 Å². The highest BCUT2D eigenvalue weighted by atomic mass is 16.5. The molecule has 8 nitrogen and oxygen atoms in total. The number of ether oxygens (including phenoxy) is 2. The number of aliphatic hydroxyl groups is 2. The number of hydrogen-bond donors (Lipinski definition) is 2. The summed E-state index contributed by atoms with van der Waals surface area (Å²) < 4.78 is 11.4. The molecule has 280 valence electrons. The summed E-state index contributed by atoms with van der Waals surface area (Å²) in [5.41, 5.74) is 2.71. The molecule has 1 aromatic carbocycles. The fourth-order valence-corrected chi connectivity index (χ4v) is 12.0. The van der Waals surface area contributed by atoms with Crippen LogP contribution in [0.25, 0.3) is 5.57 Å². The zero-order valence-electron chi connectivity index (χ0n) is 32.7. The van der Waals surface area contributed by atoms with E-state index >= 15 is 4.79 Å². The number of carbonyl (C=O) groups excluding carboxylic acids is 3. The Labute approximate surface area is 309 Å². The Kier molecular flexibility index (Phi) is 8.42. The van der Waals surface area contributed by atoms with Gasteiger partial charge in [-0.25, -0.2) is 4.79 Å². The summed E-state index contributed by atoms with van der Waals surface area (Å²) in [6.45, 7) is 22.5. The van der Waals surface area contributed by atoms with Gasteiger partial charge in [0.15, 0.2) is 5.78 Å². The number of carbonyl (C=O) groups is 3. The number of ketones is 1. The van der Waals surface area contributed by atoms with E-state index in [1.54, 1.807) is 13.0 Å². The second-order valence-corrected chi connectivity index (χ2v) is 18.5. The number of amides is 1. The lowest BCUT2D eigenvalue weighted by Gasteiger charge is -2.65. The molecule has 7 rings (SSSR count). The Hall–Kier alpha value is -3.33. The van der Waals surface area contributed by atoms with E-state index in [9.17, 15) is 19.8 Å². The number of esters is 1. The number of methoxy groups -OCH3 is 1. The Morgan fingerprint density at radius 2 is 1.71 bits per heavy atom. The van der Waals surface area contributed by atoms with Crippen LogP contribution in [0, 0.1) is 34.0 Å². The number of rotatable bonds is 4. The summed E-state index contributed by atoms with van der Waals surface area (Å²) in [5.74, 6) is -0.958. The number of allylic oxidation sites excluding steroid dienone is 2. The lowest BCUT2D eigenvalue weighted by molar-refractivity contribution is -0.186. The zero-order valence-corrected chi connectivity index (χ0v) is 32.7. The van der Waals surface area contributed by atoms with Crippen LogP contribution >= 0.6 is 0 Å². The fraction of sp³-hybridized carbons (Fsp3) is 0.614. The standard InChI is InChI=1S/C44H57NO7/c1-23(2)30-21-28-34-26(29-22-40(4,5)52-41(6,7)35(29)37(34)48)20-27-31(46)19-25-14-15-32-42(8,17-12-13-24(3)38(49)51-11)33(47)16-18-43(32,9)44(25,10)39(50)45(30)36(27)28/h12-13,17,20,22,25,30,32-33,35,37,47-48H,1,14-16,18-19,21H2,2-11H3/b17-12+,24-13+/t25-,30+,32-,33-,35+,37+,42-,43-,44+/m0/s1. The van der Waals surface area contributed by atoms with Gasteiger partial charge in [0.1, 0.15) is 0 Å². The normalized spacial score (nSPS) is 38.7. The number of Topliss-reactive ketones (excluding diaryl/α,β-unsaturated/α-hetero) is 1. The van der Waals surface area contributed by atoms with E-state index in [2.05, 4.69) is 33.4 Å². The maximum Gasteiger partial charge on any atom is 0.333 e. The molecule has 0 bridgehead atoms. The predicted octanol–water partition coefficient (Wildman–Crippen LogP) is 7.62. The molecule has 3 aliphatic carbocycles. The Morgan fingerprint density at radius 3 is 2.37 bits per heavy atom. The molecule has 0 saturated heterocycles. The van der Waals surface area contributed by atoms with E-state index in [1.165, 1.54) is 7.11 Å². The number of aliphatic hydroxyl groups excluding tert-OH is 2. The van der Waals surface area contributed by atoms with Gasteiger partial charge in [-0.05, 0) is 132 Å². The van der Waals surface area contributed by atoms with Crippen LogP contribution < -0.4 is 4.90 Å². The van der Waals surface area contributed by atoms with E-state index in [4.69, 9.17) is 9.47 Å². The molecule has 2 saturated carbocycles. The van der Waals surface area contributed by atoms with Crippen LogP contribution in [-0.2, 0) is 25.5 Å². The van der Waals surface area contributed by atoms with E-state index in [1.807, 2.05) is 57.7 Å². The van der Waals surface area contributed by atoms with Gasteiger partial charge in [0.2, 0.25) is 5.91 Å². The molecule has 0 aromatic heterocycles. The average molecular weight is 712 g/mol. The van der Waals surface area contributed by atoms with Gasteiger partial charge in [-0.2, -0.15) is 0 Å². The third-order valence-electron chi connectivity index (χ3n) is 14.7. The number of hydrogen-bond acceptors (Lipinski definition) is 7. The second kappa shape index (κ2) is 11.8. The molecule has 2 N–H and O–H groups in total. The molecule has 9 atom stereocenters. The Bertz CT molecular complexity index is 1880. The van der Waals surface area contributed by atoms with Crippen LogP contribution in [0.5, 0.6) is 0 Å². The largest absolute Gasteiger partial charge is 0.466 e. The molecule has 0 spiro atoms. The van der Waals surface area contributed by atoms with Crippen LogP contribution in [0.4, 0.5) is 5.69 Å². The first-order valence-corrected chi connectivity index (χ1v) is 19.1. The molecule has 1 amide bonds. The van der Waals surface area contributed by atoms with Crippen molar-refractivity contribution in [1.29, 1.82) is 0 Å². The Morgan fingerprint density at radius 1 is 1.02 bits per heavy atom. The minimum absolute atomic E-state index is 0.00298. The van der Waals surface area contributed by atoms with Crippen LogP contribution in [0.1, 0.15) is 128 Å². The summed E-state index contributed by atoms with van der Waals surface area (Å²) in [6.07, 6.45) is 9.50. The zero-order chi connectivity index (χ0) is 38.1. The van der Waals surface area contributed by atoms with E-state index < -0.39 is 45.6 Å². The lowest BCUT2D eigenvalue weighted by atomic mass is 9.39. The van der Waals surface area contributed by atoms with Gasteiger partial charge in [0, 0.05) is 28.9 Å². The summed E-state index contributed by atoms with van der Waals surface area (Å²) in [5, 5.41) is 23.8. The highest BCUT2D eigenvalue weighted by molar-refractivity contribution is 6.12. The van der Waals surface area contributed by atoms with Crippen molar-refractivity contribution in [2.45, 2.75) is 130 Å². The van der Waals surface area contributed by atoms with Crippen molar-refractivity contribution in [2.24, 2.45) is 34.0 Å². The van der Waals surface area contributed by atoms with Gasteiger partial charge in [-0.1, -0.05) is 44.2 Å². The lowest BCUT2D eigenvalue weighted by Crippen LogP contribution is -2.66. The first kappa shape index (κ1) is 37.0. The molecule has 2 fully saturated rings. The van der Waals surface area contributed by atoms with Crippen LogP contribution in [0.15, 0.2) is 48.1 Å². The van der Waals surface area contributed by atoms with Crippen molar-refractivity contribution >= 4 is 28.9 Å². The summed E-state index contributed by atoms with van der Waals surface area (Å²) in [7, 11) is 1.35. The van der Waals surface area contributed by atoms with Crippen molar-refractivity contribution in [1.82, 2.24) is 0 Å². The molecular formula is C44H57NO7. The van der Waals surface area contributed by atoms with Gasteiger partial charge in [0.25, 0.3) is 0 Å². The fourth-order valence-electron chi connectivity index (χ4n) is 12.0. The topological polar surface area (TPSA) is 113 Å². The molecule has 1 aromatic rings. The van der Waals surface area contributed by atoms with Crippen molar-refractivity contribution < 1.29 is 34.1 Å². The van der Waals surface area contributed by atoms with Crippen molar-refractivity contribution in [3.8, 4) is 0 Å². The van der Waals surface area contributed by atoms with Crippen molar-refractivity contribution in [3.05, 3.63) is 70.3 Å². The highest BCUT2D eigenvalue weighted by Crippen LogP contribution is 2.69. The van der Waals surface area contributed by atoms with Crippen molar-refractivity contribution in [3.63, 3.8) is 0 Å². The molecule has 3 heterocycles. The smallest absolute Gasteiger partial charge is 0.333 e. The first-order chi connectivity index (χ1) is 24.1. The molecule has 52 heavy (non-hydrogen) atoms. The minimum Gasteiger partial charge on any atom is -0.466 e. The Balaban J connectivity index is 1.39. The summed E-state index contributed by atoms with van der Waals surface area (Å²) in [4.78, 5) is 44.6. The minimum atomic E-state index is -0.931. The first-order valence-electron chi connectivity index (χ1n) is 19.1. The number of nitrogens with zero attached hydrogens (tertiary/aromatic N) is 1. The monoisotopic (exact) mass is 711 g/mol. The maximum absolute atomic E-state index is 15.8. The number of fused-ring (bicyclic) bond motifs is 7. The van der Waals surface area contributed by atoms with Gasteiger partial charge in [0.05, 0.1) is 47.7 Å². The quantitative estimate of drug-likeness (QED) is 0.143. The van der Waals surface area contributed by atoms with Crippen LogP contribution in [0.3, 0.4) is 0 Å². The number of anilines is 1. The highest BCUT2D eigenvalue weighted by Gasteiger charge is 2.68. The van der Waals surface area contributed by atoms with Gasteiger partial charge >= 0.3 is 5.97 Å². The molecule has 3 aliphatic heterocycles. The summed E-state index contributed by atoms with van der Waals surface area (Å²) >= 11 is 0. The van der Waals surface area contributed by atoms with E-state index in [0.717, 1.165) is 34.3 Å². The molecule has 6 aliphatic rings. The van der Waals surface area contributed by atoms with Gasteiger partial charge < -0.3 is 24.6 Å². The molecule has 0 radical (unpaired) electrons. The van der Waals surface area contributed by atoms with Crippen LogP contribution in [-0.4, -0.2) is 58.3 Å². The molecular weight excluding hydrogens is 654 g/mol. The van der Waals surface area contributed by atoms with E-state index in [-0.39, 0.29) is 41.9 Å². The third kappa shape index (κ3) is 4.92. The summed E-state index contributed by atoms with van der Waals surface area (Å²) in [6, 6.07) is 1.61.